The minimum absolute atomic E-state index is 0.191. The van der Waals surface area contributed by atoms with Crippen molar-refractivity contribution in [2.45, 2.75) is 0 Å². The van der Waals surface area contributed by atoms with Gasteiger partial charge in [0.2, 0.25) is 0 Å². The number of hydrogen-bond acceptors (Lipinski definition) is 2. The molecule has 0 unspecified atom stereocenters. The summed E-state index contributed by atoms with van der Waals surface area (Å²) in [5, 5.41) is 8.78. The smallest absolute Gasteiger partial charge is 0.264 e. The zero-order chi connectivity index (χ0) is 12.5. The SMILES string of the molecule is O=c1ccc(-c2ccc3cc(Br)ccc3c2)n[nH]1. The van der Waals surface area contributed by atoms with E-state index in [4.69, 9.17) is 0 Å². The second-order valence-corrected chi connectivity index (χ2v) is 4.93. The molecule has 4 heteroatoms. The van der Waals surface area contributed by atoms with Gasteiger partial charge in [-0.25, -0.2) is 5.10 Å². The van der Waals surface area contributed by atoms with Gasteiger partial charge in [-0.3, -0.25) is 4.79 Å². The fraction of sp³-hybridized carbons (Fsp3) is 0. The van der Waals surface area contributed by atoms with Gasteiger partial charge in [-0.2, -0.15) is 5.10 Å². The van der Waals surface area contributed by atoms with Crippen molar-refractivity contribution in [3.8, 4) is 11.3 Å². The summed E-state index contributed by atoms with van der Waals surface area (Å²) in [6, 6.07) is 15.4. The second kappa shape index (κ2) is 4.38. The summed E-state index contributed by atoms with van der Waals surface area (Å²) in [5.41, 5.74) is 1.56. The first kappa shape index (κ1) is 11.2. The van der Waals surface area contributed by atoms with Crippen LogP contribution in [0.15, 0.2) is 57.8 Å². The van der Waals surface area contributed by atoms with Gasteiger partial charge in [-0.15, -0.1) is 0 Å². The Morgan fingerprint density at radius 1 is 0.944 bits per heavy atom. The molecular formula is C14H9BrN2O. The fourth-order valence-electron chi connectivity index (χ4n) is 1.88. The Hall–Kier alpha value is -1.94. The lowest BCUT2D eigenvalue weighted by Crippen LogP contribution is -2.05. The first-order valence-corrected chi connectivity index (χ1v) is 6.27. The Bertz CT molecular complexity index is 760. The molecule has 3 rings (SSSR count). The van der Waals surface area contributed by atoms with Crippen molar-refractivity contribution in [2.75, 3.05) is 0 Å². The van der Waals surface area contributed by atoms with Crippen molar-refractivity contribution in [2.24, 2.45) is 0 Å². The molecule has 0 spiro atoms. The van der Waals surface area contributed by atoms with Crippen LogP contribution in [0.3, 0.4) is 0 Å². The summed E-state index contributed by atoms with van der Waals surface area (Å²) >= 11 is 3.45. The van der Waals surface area contributed by atoms with E-state index in [-0.39, 0.29) is 5.56 Å². The molecule has 0 radical (unpaired) electrons. The van der Waals surface area contributed by atoms with E-state index in [1.807, 2.05) is 18.2 Å². The molecule has 2 aromatic carbocycles. The van der Waals surface area contributed by atoms with Gasteiger partial charge < -0.3 is 0 Å². The van der Waals surface area contributed by atoms with Crippen LogP contribution < -0.4 is 5.56 Å². The molecule has 0 saturated heterocycles. The molecule has 1 aromatic heterocycles. The summed E-state index contributed by atoms with van der Waals surface area (Å²) in [4.78, 5) is 11.0. The molecule has 0 aliphatic rings. The topological polar surface area (TPSA) is 45.8 Å². The zero-order valence-electron chi connectivity index (χ0n) is 9.35. The van der Waals surface area contributed by atoms with E-state index in [0.29, 0.717) is 0 Å². The highest BCUT2D eigenvalue weighted by molar-refractivity contribution is 9.10. The zero-order valence-corrected chi connectivity index (χ0v) is 10.9. The van der Waals surface area contributed by atoms with Crippen LogP contribution in [0.1, 0.15) is 0 Å². The first-order chi connectivity index (χ1) is 8.72. The third-order valence-electron chi connectivity index (χ3n) is 2.78. The monoisotopic (exact) mass is 300 g/mol. The fourth-order valence-corrected chi connectivity index (χ4v) is 2.26. The van der Waals surface area contributed by atoms with E-state index in [1.165, 1.54) is 6.07 Å². The van der Waals surface area contributed by atoms with E-state index < -0.39 is 0 Å². The van der Waals surface area contributed by atoms with Gasteiger partial charge >= 0.3 is 0 Å². The number of hydrogen-bond donors (Lipinski definition) is 1. The molecule has 3 aromatic rings. The van der Waals surface area contributed by atoms with Gasteiger partial charge in [0.15, 0.2) is 0 Å². The largest absolute Gasteiger partial charge is 0.268 e. The molecule has 3 nitrogen and oxygen atoms in total. The summed E-state index contributed by atoms with van der Waals surface area (Å²) in [7, 11) is 0. The molecule has 0 atom stereocenters. The van der Waals surface area contributed by atoms with Crippen molar-refractivity contribution in [1.82, 2.24) is 10.2 Å². The van der Waals surface area contributed by atoms with Crippen LogP contribution in [0.25, 0.3) is 22.0 Å². The molecule has 18 heavy (non-hydrogen) atoms. The summed E-state index contributed by atoms with van der Waals surface area (Å²) in [5.74, 6) is 0. The average molecular weight is 301 g/mol. The minimum atomic E-state index is -0.191. The van der Waals surface area contributed by atoms with Gasteiger partial charge in [0.1, 0.15) is 0 Å². The molecule has 0 aliphatic carbocycles. The summed E-state index contributed by atoms with van der Waals surface area (Å²) in [6.07, 6.45) is 0. The number of H-pyrrole nitrogens is 1. The van der Waals surface area contributed by atoms with Crippen LogP contribution in [0.5, 0.6) is 0 Å². The molecule has 0 fully saturated rings. The van der Waals surface area contributed by atoms with Crippen LogP contribution in [0.4, 0.5) is 0 Å². The molecule has 88 valence electrons. The Labute approximate surface area is 112 Å². The predicted molar refractivity (Wildman–Crippen MR) is 75.5 cm³/mol. The normalized spacial score (nSPS) is 10.7. The Morgan fingerprint density at radius 2 is 1.72 bits per heavy atom. The van der Waals surface area contributed by atoms with Gasteiger partial charge in [0.25, 0.3) is 5.56 Å². The second-order valence-electron chi connectivity index (χ2n) is 4.01. The maximum atomic E-state index is 11.0. The van der Waals surface area contributed by atoms with Crippen LogP contribution in [0, 0.1) is 0 Å². The maximum absolute atomic E-state index is 11.0. The number of rotatable bonds is 1. The van der Waals surface area contributed by atoms with Crippen molar-refractivity contribution in [3.05, 3.63) is 63.4 Å². The molecule has 0 bridgehead atoms. The predicted octanol–water partition coefficient (Wildman–Crippen LogP) is 3.35. The quantitative estimate of drug-likeness (QED) is 0.749. The molecule has 0 saturated carbocycles. The van der Waals surface area contributed by atoms with Gasteiger partial charge in [-0.1, -0.05) is 34.1 Å². The van der Waals surface area contributed by atoms with Crippen molar-refractivity contribution in [3.63, 3.8) is 0 Å². The van der Waals surface area contributed by atoms with E-state index in [1.54, 1.807) is 6.07 Å². The Balaban J connectivity index is 2.16. The molecule has 0 amide bonds. The standard InChI is InChI=1S/C14H9BrN2O/c15-12-4-3-9-7-11(2-1-10(9)8-12)13-5-6-14(18)17-16-13/h1-8H,(H,17,18). The first-order valence-electron chi connectivity index (χ1n) is 5.48. The Morgan fingerprint density at radius 3 is 2.50 bits per heavy atom. The van der Waals surface area contributed by atoms with E-state index in [9.17, 15) is 4.79 Å². The van der Waals surface area contributed by atoms with Crippen molar-refractivity contribution in [1.29, 1.82) is 0 Å². The summed E-state index contributed by atoms with van der Waals surface area (Å²) in [6.45, 7) is 0. The molecule has 1 heterocycles. The van der Waals surface area contributed by atoms with Crippen LogP contribution in [-0.4, -0.2) is 10.2 Å². The number of aromatic nitrogens is 2. The van der Waals surface area contributed by atoms with Gasteiger partial charge in [0, 0.05) is 16.1 Å². The lowest BCUT2D eigenvalue weighted by atomic mass is 10.1. The van der Waals surface area contributed by atoms with E-state index >= 15 is 0 Å². The maximum Gasteiger partial charge on any atom is 0.264 e. The van der Waals surface area contributed by atoms with Crippen LogP contribution in [0.2, 0.25) is 0 Å². The lowest BCUT2D eigenvalue weighted by Gasteiger charge is -2.03. The van der Waals surface area contributed by atoms with Crippen molar-refractivity contribution >= 4 is 26.7 Å². The van der Waals surface area contributed by atoms with Gasteiger partial charge in [-0.05, 0) is 35.0 Å². The van der Waals surface area contributed by atoms with E-state index in [0.717, 1.165) is 26.5 Å². The number of fused-ring (bicyclic) bond motifs is 1. The summed E-state index contributed by atoms with van der Waals surface area (Å²) < 4.78 is 1.06. The number of nitrogens with zero attached hydrogens (tertiary/aromatic N) is 1. The highest BCUT2D eigenvalue weighted by atomic mass is 79.9. The number of aromatic amines is 1. The lowest BCUT2D eigenvalue weighted by molar-refractivity contribution is 0.996. The third kappa shape index (κ3) is 2.07. The Kier molecular flexibility index (Phi) is 2.72. The van der Waals surface area contributed by atoms with Crippen LogP contribution in [-0.2, 0) is 0 Å². The molecule has 1 N–H and O–H groups in total. The van der Waals surface area contributed by atoms with E-state index in [2.05, 4.69) is 44.3 Å². The minimum Gasteiger partial charge on any atom is -0.268 e. The number of nitrogens with one attached hydrogen (secondary N) is 1. The highest BCUT2D eigenvalue weighted by Crippen LogP contribution is 2.24. The number of halogens is 1. The third-order valence-corrected chi connectivity index (χ3v) is 3.27. The number of benzene rings is 2. The van der Waals surface area contributed by atoms with Gasteiger partial charge in [0.05, 0.1) is 5.69 Å². The molecular weight excluding hydrogens is 292 g/mol. The average Bonchev–Trinajstić information content (AvgIpc) is 2.39. The molecule has 0 aliphatic heterocycles. The highest BCUT2D eigenvalue weighted by Gasteiger charge is 2.01. The van der Waals surface area contributed by atoms with Crippen molar-refractivity contribution < 1.29 is 0 Å². The van der Waals surface area contributed by atoms with Crippen LogP contribution >= 0.6 is 15.9 Å².